The summed E-state index contributed by atoms with van der Waals surface area (Å²) < 4.78 is 39.4. The second kappa shape index (κ2) is 5.61. The van der Waals surface area contributed by atoms with Gasteiger partial charge >= 0.3 is 0 Å². The molecule has 0 spiro atoms. The summed E-state index contributed by atoms with van der Waals surface area (Å²) in [6.07, 6.45) is 1.17. The number of sulfonamides is 1. The molecule has 6 nitrogen and oxygen atoms in total. The minimum absolute atomic E-state index is 0.169. The highest BCUT2D eigenvalue weighted by molar-refractivity contribution is 7.88. The lowest BCUT2D eigenvalue weighted by molar-refractivity contribution is 0.0689. The van der Waals surface area contributed by atoms with Gasteiger partial charge in [0.1, 0.15) is 11.5 Å². The standard InChI is InChI=1S/C15H18FN3O3S/c1-17-13-10-12(16)4-3-11(13)9-14(17)15(20)18-5-7-19(8-6-18)23(2,21)22/h3-4,9-10H,5-8H2,1-2H3. The van der Waals surface area contributed by atoms with E-state index in [2.05, 4.69) is 0 Å². The molecule has 1 fully saturated rings. The first-order valence-electron chi connectivity index (χ1n) is 7.27. The van der Waals surface area contributed by atoms with Crippen LogP contribution in [0, 0.1) is 5.82 Å². The molecule has 0 aliphatic carbocycles. The molecule has 0 saturated carbocycles. The number of aryl methyl sites for hydroxylation is 1. The Morgan fingerprint density at radius 1 is 1.13 bits per heavy atom. The van der Waals surface area contributed by atoms with Crippen molar-refractivity contribution in [1.82, 2.24) is 13.8 Å². The number of carbonyl (C=O) groups excluding carboxylic acids is 1. The van der Waals surface area contributed by atoms with Crippen molar-refractivity contribution in [3.8, 4) is 0 Å². The molecule has 0 atom stereocenters. The van der Waals surface area contributed by atoms with Crippen LogP contribution in [0.15, 0.2) is 24.3 Å². The summed E-state index contributed by atoms with van der Waals surface area (Å²) in [5.41, 5.74) is 1.13. The Hall–Kier alpha value is -1.93. The van der Waals surface area contributed by atoms with Gasteiger partial charge in [-0.05, 0) is 24.3 Å². The van der Waals surface area contributed by atoms with Gasteiger partial charge in [-0.2, -0.15) is 4.31 Å². The first kappa shape index (κ1) is 15.9. The van der Waals surface area contributed by atoms with Crippen LogP contribution in [0.2, 0.25) is 0 Å². The van der Waals surface area contributed by atoms with Gasteiger partial charge in [0.25, 0.3) is 5.91 Å². The molecule has 3 rings (SSSR count). The highest BCUT2D eigenvalue weighted by atomic mass is 32.2. The number of piperazine rings is 1. The van der Waals surface area contributed by atoms with Gasteiger partial charge in [0.2, 0.25) is 10.0 Å². The summed E-state index contributed by atoms with van der Waals surface area (Å²) in [5, 5.41) is 0.798. The molecule has 0 bridgehead atoms. The number of fused-ring (bicyclic) bond motifs is 1. The molecule has 0 radical (unpaired) electrons. The first-order chi connectivity index (χ1) is 10.8. The summed E-state index contributed by atoms with van der Waals surface area (Å²) in [7, 11) is -1.50. The molecule has 1 aliphatic rings. The van der Waals surface area contributed by atoms with Crippen molar-refractivity contribution in [3.05, 3.63) is 35.8 Å². The molecular weight excluding hydrogens is 321 g/mol. The predicted octanol–water partition coefficient (Wildman–Crippen LogP) is 1.03. The lowest BCUT2D eigenvalue weighted by Gasteiger charge is -2.33. The van der Waals surface area contributed by atoms with Crippen LogP contribution in [-0.4, -0.2) is 60.5 Å². The summed E-state index contributed by atoms with van der Waals surface area (Å²) in [6.45, 7) is 1.29. The van der Waals surface area contributed by atoms with Crippen LogP contribution >= 0.6 is 0 Å². The van der Waals surface area contributed by atoms with Crippen LogP contribution in [0.3, 0.4) is 0 Å². The highest BCUT2D eigenvalue weighted by Crippen LogP contribution is 2.21. The van der Waals surface area contributed by atoms with E-state index in [0.29, 0.717) is 37.4 Å². The van der Waals surface area contributed by atoms with Crippen molar-refractivity contribution in [2.75, 3.05) is 32.4 Å². The smallest absolute Gasteiger partial charge is 0.270 e. The number of rotatable bonds is 2. The molecule has 8 heteroatoms. The van der Waals surface area contributed by atoms with E-state index in [9.17, 15) is 17.6 Å². The van der Waals surface area contributed by atoms with Gasteiger partial charge in [0.15, 0.2) is 0 Å². The molecule has 0 N–H and O–H groups in total. The molecule has 124 valence electrons. The maximum Gasteiger partial charge on any atom is 0.270 e. The number of carbonyl (C=O) groups is 1. The predicted molar refractivity (Wildman–Crippen MR) is 85.2 cm³/mol. The largest absolute Gasteiger partial charge is 0.340 e. The second-order valence-corrected chi connectivity index (χ2v) is 7.73. The van der Waals surface area contributed by atoms with Gasteiger partial charge in [-0.25, -0.2) is 12.8 Å². The lowest BCUT2D eigenvalue weighted by Crippen LogP contribution is -2.50. The zero-order valence-electron chi connectivity index (χ0n) is 13.0. The van der Waals surface area contributed by atoms with Crippen LogP contribution in [0.25, 0.3) is 10.9 Å². The van der Waals surface area contributed by atoms with Gasteiger partial charge in [-0.3, -0.25) is 4.79 Å². The maximum absolute atomic E-state index is 13.4. The number of aromatic nitrogens is 1. The molecule has 1 aliphatic heterocycles. The van der Waals surface area contributed by atoms with Gasteiger partial charge in [-0.1, -0.05) is 0 Å². The normalized spacial score (nSPS) is 16.9. The zero-order chi connectivity index (χ0) is 16.8. The Kier molecular flexibility index (Phi) is 3.89. The molecule has 1 aromatic heterocycles. The quantitative estimate of drug-likeness (QED) is 0.821. The average Bonchev–Trinajstić information content (AvgIpc) is 2.83. The molecule has 2 aromatic rings. The Bertz CT molecular complexity index is 867. The first-order valence-corrected chi connectivity index (χ1v) is 9.11. The minimum Gasteiger partial charge on any atom is -0.340 e. The van der Waals surface area contributed by atoms with Crippen LogP contribution in [-0.2, 0) is 17.1 Å². The van der Waals surface area contributed by atoms with E-state index in [1.807, 2.05) is 0 Å². The highest BCUT2D eigenvalue weighted by Gasteiger charge is 2.28. The van der Waals surface area contributed by atoms with E-state index in [4.69, 9.17) is 0 Å². The van der Waals surface area contributed by atoms with E-state index < -0.39 is 10.0 Å². The number of benzene rings is 1. The Morgan fingerprint density at radius 2 is 1.78 bits per heavy atom. The molecule has 1 amide bonds. The van der Waals surface area contributed by atoms with E-state index >= 15 is 0 Å². The van der Waals surface area contributed by atoms with Crippen LogP contribution in [0.4, 0.5) is 4.39 Å². The summed E-state index contributed by atoms with van der Waals surface area (Å²) in [6, 6.07) is 6.14. The molecule has 1 aromatic carbocycles. The number of amides is 1. The summed E-state index contributed by atoms with van der Waals surface area (Å²) >= 11 is 0. The number of hydrogen-bond donors (Lipinski definition) is 0. The zero-order valence-corrected chi connectivity index (χ0v) is 13.8. The Balaban J connectivity index is 1.83. The topological polar surface area (TPSA) is 62.6 Å². The van der Waals surface area contributed by atoms with E-state index in [1.54, 1.807) is 28.6 Å². The second-order valence-electron chi connectivity index (χ2n) is 5.75. The summed E-state index contributed by atoms with van der Waals surface area (Å²) in [5.74, 6) is -0.517. The van der Waals surface area contributed by atoms with Crippen molar-refractivity contribution in [1.29, 1.82) is 0 Å². The minimum atomic E-state index is -3.22. The molecular formula is C15H18FN3O3S. The molecule has 0 unspecified atom stereocenters. The third kappa shape index (κ3) is 2.96. The average molecular weight is 339 g/mol. The van der Waals surface area contributed by atoms with Crippen molar-refractivity contribution < 1.29 is 17.6 Å². The van der Waals surface area contributed by atoms with E-state index in [0.717, 1.165) is 5.39 Å². The monoisotopic (exact) mass is 339 g/mol. The lowest BCUT2D eigenvalue weighted by atomic mass is 10.2. The van der Waals surface area contributed by atoms with Gasteiger partial charge in [0, 0.05) is 38.6 Å². The Morgan fingerprint density at radius 3 is 2.39 bits per heavy atom. The van der Waals surface area contributed by atoms with Crippen LogP contribution < -0.4 is 0 Å². The molecule has 1 saturated heterocycles. The third-order valence-electron chi connectivity index (χ3n) is 4.22. The van der Waals surface area contributed by atoms with Crippen LogP contribution in [0.1, 0.15) is 10.5 Å². The van der Waals surface area contributed by atoms with Crippen molar-refractivity contribution in [2.24, 2.45) is 7.05 Å². The fraction of sp³-hybridized carbons (Fsp3) is 0.400. The van der Waals surface area contributed by atoms with Gasteiger partial charge < -0.3 is 9.47 Å². The van der Waals surface area contributed by atoms with Crippen LogP contribution in [0.5, 0.6) is 0 Å². The molecule has 23 heavy (non-hydrogen) atoms. The third-order valence-corrected chi connectivity index (χ3v) is 5.52. The molecule has 2 heterocycles. The number of halogens is 1. The summed E-state index contributed by atoms with van der Waals surface area (Å²) in [4.78, 5) is 14.3. The van der Waals surface area contributed by atoms with Crippen molar-refractivity contribution in [2.45, 2.75) is 0 Å². The van der Waals surface area contributed by atoms with Crippen molar-refractivity contribution in [3.63, 3.8) is 0 Å². The van der Waals surface area contributed by atoms with E-state index in [1.165, 1.54) is 22.7 Å². The Labute approximate surface area is 134 Å². The number of hydrogen-bond acceptors (Lipinski definition) is 3. The van der Waals surface area contributed by atoms with E-state index in [-0.39, 0.29) is 11.7 Å². The number of nitrogens with zero attached hydrogens (tertiary/aromatic N) is 3. The fourth-order valence-electron chi connectivity index (χ4n) is 2.89. The fourth-order valence-corrected chi connectivity index (χ4v) is 3.72. The van der Waals surface area contributed by atoms with Crippen molar-refractivity contribution >= 4 is 26.8 Å². The van der Waals surface area contributed by atoms with Gasteiger partial charge in [0.05, 0.1) is 11.8 Å². The van der Waals surface area contributed by atoms with Gasteiger partial charge in [-0.15, -0.1) is 0 Å². The maximum atomic E-state index is 13.4. The SMILES string of the molecule is Cn1c(C(=O)N2CCN(S(C)(=O)=O)CC2)cc2ccc(F)cc21.